The molecule has 3 nitrogen and oxygen atoms in total. The Balaban J connectivity index is 1.69. The van der Waals surface area contributed by atoms with Crippen molar-refractivity contribution >= 4 is 0 Å². The molecule has 3 heteroatoms. The van der Waals surface area contributed by atoms with Gasteiger partial charge in [-0.25, -0.2) is 0 Å². The molecular formula is C19H32N2O. The molecule has 1 saturated heterocycles. The van der Waals surface area contributed by atoms with Gasteiger partial charge in [0.1, 0.15) is 0 Å². The first-order valence-electron chi connectivity index (χ1n) is 8.79. The summed E-state index contributed by atoms with van der Waals surface area (Å²) in [5.41, 5.74) is 1.45. The van der Waals surface area contributed by atoms with E-state index in [0.717, 1.165) is 13.0 Å². The fourth-order valence-electron chi connectivity index (χ4n) is 3.47. The van der Waals surface area contributed by atoms with Crippen LogP contribution in [0.5, 0.6) is 0 Å². The van der Waals surface area contributed by atoms with E-state index in [1.807, 2.05) is 0 Å². The van der Waals surface area contributed by atoms with E-state index in [1.165, 1.54) is 44.3 Å². The Hall–Kier alpha value is -0.900. The first-order valence-corrected chi connectivity index (χ1v) is 8.79. The minimum absolute atomic E-state index is 0.305. The van der Waals surface area contributed by atoms with E-state index in [2.05, 4.69) is 54.1 Å². The van der Waals surface area contributed by atoms with Crippen LogP contribution in [-0.2, 0) is 6.42 Å². The average Bonchev–Trinajstić information content (AvgIpc) is 2.58. The fraction of sp³-hybridized carbons (Fsp3) is 0.684. The van der Waals surface area contributed by atoms with Gasteiger partial charge < -0.3 is 14.9 Å². The topological polar surface area (TPSA) is 26.7 Å². The summed E-state index contributed by atoms with van der Waals surface area (Å²) in [6.45, 7) is 6.12. The van der Waals surface area contributed by atoms with Gasteiger partial charge in [0.25, 0.3) is 0 Å². The van der Waals surface area contributed by atoms with Crippen LogP contribution in [0.3, 0.4) is 0 Å². The van der Waals surface area contributed by atoms with E-state index >= 15 is 0 Å². The van der Waals surface area contributed by atoms with Crippen LogP contribution in [0.2, 0.25) is 0 Å². The van der Waals surface area contributed by atoms with E-state index in [4.69, 9.17) is 5.11 Å². The van der Waals surface area contributed by atoms with Crippen LogP contribution in [0.15, 0.2) is 30.3 Å². The minimum Gasteiger partial charge on any atom is -0.396 e. The number of likely N-dealkylation sites (tertiary alicyclic amines) is 1. The SMILES string of the molecule is CC(CCc1ccccc1)N1CCC(N(C)CCCO)CC1. The molecule has 1 aromatic rings. The van der Waals surface area contributed by atoms with Crippen LogP contribution in [0.1, 0.15) is 38.2 Å². The molecule has 1 heterocycles. The smallest absolute Gasteiger partial charge is 0.0443 e. The monoisotopic (exact) mass is 304 g/mol. The van der Waals surface area contributed by atoms with Crippen molar-refractivity contribution in [1.82, 2.24) is 9.80 Å². The van der Waals surface area contributed by atoms with E-state index in [1.54, 1.807) is 0 Å². The molecular weight excluding hydrogens is 272 g/mol. The number of hydrogen-bond acceptors (Lipinski definition) is 3. The number of piperidine rings is 1. The summed E-state index contributed by atoms with van der Waals surface area (Å²) in [6.07, 6.45) is 5.84. The number of benzene rings is 1. The zero-order valence-electron chi connectivity index (χ0n) is 14.2. The molecule has 1 atom stereocenters. The summed E-state index contributed by atoms with van der Waals surface area (Å²) in [6, 6.07) is 12.2. The van der Waals surface area contributed by atoms with Gasteiger partial charge >= 0.3 is 0 Å². The molecule has 0 bridgehead atoms. The third kappa shape index (κ3) is 5.38. The van der Waals surface area contributed by atoms with Gasteiger partial charge in [0.15, 0.2) is 0 Å². The van der Waals surface area contributed by atoms with Crippen LogP contribution < -0.4 is 0 Å². The first kappa shape index (κ1) is 17.5. The number of hydrogen-bond donors (Lipinski definition) is 1. The van der Waals surface area contributed by atoms with Crippen molar-refractivity contribution in [2.45, 2.75) is 51.1 Å². The van der Waals surface area contributed by atoms with Crippen molar-refractivity contribution in [3.8, 4) is 0 Å². The molecule has 0 radical (unpaired) electrons. The molecule has 1 fully saturated rings. The van der Waals surface area contributed by atoms with Crippen molar-refractivity contribution < 1.29 is 5.11 Å². The third-order valence-corrected chi connectivity index (χ3v) is 5.11. The van der Waals surface area contributed by atoms with Gasteiger partial charge in [-0.2, -0.15) is 0 Å². The van der Waals surface area contributed by atoms with Crippen LogP contribution >= 0.6 is 0 Å². The van der Waals surface area contributed by atoms with Crippen molar-refractivity contribution in [2.24, 2.45) is 0 Å². The van der Waals surface area contributed by atoms with E-state index < -0.39 is 0 Å². The summed E-state index contributed by atoms with van der Waals surface area (Å²) in [5, 5.41) is 8.95. The molecule has 0 amide bonds. The largest absolute Gasteiger partial charge is 0.396 e. The highest BCUT2D eigenvalue weighted by Crippen LogP contribution is 2.19. The molecule has 124 valence electrons. The predicted octanol–water partition coefficient (Wildman–Crippen LogP) is 2.79. The highest BCUT2D eigenvalue weighted by molar-refractivity contribution is 5.14. The Kier molecular flexibility index (Phi) is 7.37. The van der Waals surface area contributed by atoms with Gasteiger partial charge in [-0.1, -0.05) is 30.3 Å². The second-order valence-corrected chi connectivity index (χ2v) is 6.70. The van der Waals surface area contributed by atoms with Crippen LogP contribution in [-0.4, -0.2) is 60.3 Å². The predicted molar refractivity (Wildman–Crippen MR) is 93.2 cm³/mol. The maximum atomic E-state index is 8.95. The third-order valence-electron chi connectivity index (χ3n) is 5.11. The highest BCUT2D eigenvalue weighted by atomic mass is 16.3. The van der Waals surface area contributed by atoms with Gasteiger partial charge in [-0.05, 0) is 64.7 Å². The lowest BCUT2D eigenvalue weighted by Gasteiger charge is -2.39. The lowest BCUT2D eigenvalue weighted by atomic mass is 9.99. The Labute approximate surface area is 135 Å². The molecule has 1 unspecified atom stereocenters. The van der Waals surface area contributed by atoms with Crippen molar-refractivity contribution in [1.29, 1.82) is 0 Å². The number of nitrogens with zero attached hydrogens (tertiary/aromatic N) is 2. The molecule has 0 saturated carbocycles. The molecule has 0 aromatic heterocycles. The van der Waals surface area contributed by atoms with E-state index in [0.29, 0.717) is 18.7 Å². The molecule has 22 heavy (non-hydrogen) atoms. The van der Waals surface area contributed by atoms with Gasteiger partial charge in [-0.15, -0.1) is 0 Å². The maximum Gasteiger partial charge on any atom is 0.0443 e. The fourth-order valence-corrected chi connectivity index (χ4v) is 3.47. The summed E-state index contributed by atoms with van der Waals surface area (Å²) in [4.78, 5) is 5.08. The Morgan fingerprint density at radius 2 is 1.91 bits per heavy atom. The molecule has 1 aromatic carbocycles. The van der Waals surface area contributed by atoms with Crippen molar-refractivity contribution in [2.75, 3.05) is 33.3 Å². The minimum atomic E-state index is 0.305. The summed E-state index contributed by atoms with van der Waals surface area (Å²) in [7, 11) is 2.20. The Morgan fingerprint density at radius 1 is 1.23 bits per heavy atom. The quantitative estimate of drug-likeness (QED) is 0.800. The zero-order valence-corrected chi connectivity index (χ0v) is 14.2. The maximum absolute atomic E-state index is 8.95. The normalized spacial score (nSPS) is 18.7. The number of rotatable bonds is 8. The molecule has 0 aliphatic carbocycles. The van der Waals surface area contributed by atoms with Crippen LogP contribution in [0.4, 0.5) is 0 Å². The summed E-state index contributed by atoms with van der Waals surface area (Å²) >= 11 is 0. The molecule has 1 aliphatic heterocycles. The highest BCUT2D eigenvalue weighted by Gasteiger charge is 2.24. The van der Waals surface area contributed by atoms with Gasteiger partial charge in [-0.3, -0.25) is 0 Å². The standard InChI is InChI=1S/C19H32N2O/c1-17(9-10-18-7-4-3-5-8-18)21-14-11-19(12-15-21)20(2)13-6-16-22/h3-5,7-8,17,19,22H,6,9-16H2,1-2H3. The number of aryl methyl sites for hydroxylation is 1. The Morgan fingerprint density at radius 3 is 2.55 bits per heavy atom. The number of aliphatic hydroxyl groups excluding tert-OH is 1. The Bertz CT molecular complexity index is 401. The average molecular weight is 304 g/mol. The van der Waals surface area contributed by atoms with Crippen molar-refractivity contribution in [3.63, 3.8) is 0 Å². The van der Waals surface area contributed by atoms with Gasteiger partial charge in [0, 0.05) is 25.2 Å². The number of aliphatic hydroxyl groups is 1. The zero-order chi connectivity index (χ0) is 15.8. The molecule has 1 aliphatic rings. The van der Waals surface area contributed by atoms with Gasteiger partial charge in [0.2, 0.25) is 0 Å². The molecule has 2 rings (SSSR count). The lowest BCUT2D eigenvalue weighted by Crippen LogP contribution is -2.46. The summed E-state index contributed by atoms with van der Waals surface area (Å²) < 4.78 is 0. The van der Waals surface area contributed by atoms with Crippen molar-refractivity contribution in [3.05, 3.63) is 35.9 Å². The second-order valence-electron chi connectivity index (χ2n) is 6.70. The van der Waals surface area contributed by atoms with Crippen LogP contribution in [0.25, 0.3) is 0 Å². The molecule has 1 N–H and O–H groups in total. The first-order chi connectivity index (χ1) is 10.7. The lowest BCUT2D eigenvalue weighted by molar-refractivity contribution is 0.0956. The summed E-state index contributed by atoms with van der Waals surface area (Å²) in [5.74, 6) is 0. The van der Waals surface area contributed by atoms with Gasteiger partial charge in [0.05, 0.1) is 0 Å². The second kappa shape index (κ2) is 9.29. The van der Waals surface area contributed by atoms with E-state index in [-0.39, 0.29) is 0 Å². The molecule has 0 spiro atoms. The van der Waals surface area contributed by atoms with Crippen LogP contribution in [0, 0.1) is 0 Å². The van der Waals surface area contributed by atoms with E-state index in [9.17, 15) is 0 Å².